The number of rotatable bonds is 6. The van der Waals surface area contributed by atoms with E-state index in [1.54, 1.807) is 24.1 Å². The Balaban J connectivity index is 1.69. The number of hydrogen-bond acceptors (Lipinski definition) is 3. The molecule has 0 aliphatic heterocycles. The molecule has 0 unspecified atom stereocenters. The van der Waals surface area contributed by atoms with Crippen molar-refractivity contribution in [1.29, 1.82) is 0 Å². The summed E-state index contributed by atoms with van der Waals surface area (Å²) in [7, 11) is 1.77. The summed E-state index contributed by atoms with van der Waals surface area (Å²) in [5, 5.41) is 0. The highest BCUT2D eigenvalue weighted by Gasteiger charge is 2.27. The summed E-state index contributed by atoms with van der Waals surface area (Å²) >= 11 is 0. The van der Waals surface area contributed by atoms with Gasteiger partial charge in [0.1, 0.15) is 18.2 Å². The van der Waals surface area contributed by atoms with Gasteiger partial charge >= 0.3 is 0 Å². The quantitative estimate of drug-likeness (QED) is 0.875. The van der Waals surface area contributed by atoms with E-state index in [1.165, 1.54) is 12.1 Å². The van der Waals surface area contributed by atoms with Crippen molar-refractivity contribution in [1.82, 2.24) is 4.90 Å². The van der Waals surface area contributed by atoms with Gasteiger partial charge in [0.25, 0.3) is 0 Å². The predicted molar refractivity (Wildman–Crippen MR) is 79.5 cm³/mol. The van der Waals surface area contributed by atoms with Crippen molar-refractivity contribution in [3.63, 3.8) is 0 Å². The maximum atomic E-state index is 12.7. The van der Waals surface area contributed by atoms with E-state index < -0.39 is 0 Å². The molecule has 1 aromatic carbocycles. The van der Waals surface area contributed by atoms with E-state index >= 15 is 0 Å². The molecule has 0 heterocycles. The van der Waals surface area contributed by atoms with Crippen LogP contribution >= 0.6 is 0 Å². The molecule has 0 bridgehead atoms. The van der Waals surface area contributed by atoms with Gasteiger partial charge < -0.3 is 15.4 Å². The van der Waals surface area contributed by atoms with Crippen molar-refractivity contribution < 1.29 is 13.9 Å². The van der Waals surface area contributed by atoms with E-state index in [0.717, 1.165) is 19.3 Å². The third kappa shape index (κ3) is 4.70. The average Bonchev–Trinajstić information content (AvgIpc) is 2.86. The minimum absolute atomic E-state index is 0.111. The summed E-state index contributed by atoms with van der Waals surface area (Å²) in [5.74, 6) is 0.746. The number of ether oxygens (including phenoxy) is 1. The summed E-state index contributed by atoms with van der Waals surface area (Å²) in [6.45, 7) is 0.906. The van der Waals surface area contributed by atoms with Gasteiger partial charge in [0.05, 0.1) is 6.54 Å². The number of likely N-dealkylation sites (N-methyl/N-ethyl adjacent to an activating group) is 1. The van der Waals surface area contributed by atoms with Gasteiger partial charge in [0.2, 0.25) is 5.91 Å². The zero-order valence-corrected chi connectivity index (χ0v) is 12.4. The average molecular weight is 294 g/mol. The molecule has 21 heavy (non-hydrogen) atoms. The Bertz CT molecular complexity index is 464. The second-order valence-electron chi connectivity index (χ2n) is 5.68. The fourth-order valence-corrected chi connectivity index (χ4v) is 2.66. The minimum atomic E-state index is -0.289. The van der Waals surface area contributed by atoms with Gasteiger partial charge in [0.15, 0.2) is 0 Å². The predicted octanol–water partition coefficient (Wildman–Crippen LogP) is 2.18. The van der Waals surface area contributed by atoms with E-state index in [1.807, 2.05) is 0 Å². The number of carbonyl (C=O) groups excluding carboxylic acids is 1. The molecule has 0 spiro atoms. The van der Waals surface area contributed by atoms with Crippen LogP contribution in [0.1, 0.15) is 25.7 Å². The molecule has 1 saturated carbocycles. The molecular weight excluding hydrogens is 271 g/mol. The van der Waals surface area contributed by atoms with Crippen molar-refractivity contribution in [3.05, 3.63) is 30.1 Å². The third-order valence-corrected chi connectivity index (χ3v) is 4.09. The molecule has 1 amide bonds. The van der Waals surface area contributed by atoms with E-state index in [9.17, 15) is 9.18 Å². The Morgan fingerprint density at radius 2 is 2.10 bits per heavy atom. The first kappa shape index (κ1) is 15.8. The maximum Gasteiger partial charge on any atom is 0.222 e. The Morgan fingerprint density at radius 3 is 2.71 bits per heavy atom. The lowest BCUT2D eigenvalue weighted by Crippen LogP contribution is -2.35. The highest BCUT2D eigenvalue weighted by atomic mass is 19.1. The van der Waals surface area contributed by atoms with Crippen LogP contribution in [0.3, 0.4) is 0 Å². The van der Waals surface area contributed by atoms with Crippen LogP contribution in [0, 0.1) is 11.7 Å². The Labute approximate surface area is 125 Å². The second-order valence-corrected chi connectivity index (χ2v) is 5.68. The first-order valence-corrected chi connectivity index (χ1v) is 7.44. The zero-order chi connectivity index (χ0) is 15.2. The Morgan fingerprint density at radius 1 is 1.38 bits per heavy atom. The molecule has 5 heteroatoms. The number of nitrogens with zero attached hydrogens (tertiary/aromatic N) is 1. The number of amides is 1. The highest BCUT2D eigenvalue weighted by Crippen LogP contribution is 2.27. The fourth-order valence-electron chi connectivity index (χ4n) is 2.66. The molecule has 0 saturated heterocycles. The molecule has 0 aromatic heterocycles. The van der Waals surface area contributed by atoms with Crippen molar-refractivity contribution in [2.24, 2.45) is 11.7 Å². The molecule has 2 N–H and O–H groups in total. The Hall–Kier alpha value is -1.62. The van der Waals surface area contributed by atoms with Crippen LogP contribution in [0.15, 0.2) is 24.3 Å². The van der Waals surface area contributed by atoms with Crippen molar-refractivity contribution in [3.8, 4) is 5.75 Å². The van der Waals surface area contributed by atoms with Crippen LogP contribution in [0.2, 0.25) is 0 Å². The first-order valence-electron chi connectivity index (χ1n) is 7.44. The first-order chi connectivity index (χ1) is 10.1. The van der Waals surface area contributed by atoms with Crippen LogP contribution < -0.4 is 10.5 Å². The lowest BCUT2D eigenvalue weighted by atomic mass is 9.99. The van der Waals surface area contributed by atoms with Gasteiger partial charge in [0, 0.05) is 19.5 Å². The number of halogens is 1. The summed E-state index contributed by atoms with van der Waals surface area (Å²) < 4.78 is 18.2. The van der Waals surface area contributed by atoms with Gasteiger partial charge in [-0.25, -0.2) is 4.39 Å². The minimum Gasteiger partial charge on any atom is -0.492 e. The van der Waals surface area contributed by atoms with E-state index in [0.29, 0.717) is 31.2 Å². The largest absolute Gasteiger partial charge is 0.492 e. The number of hydrogen-bond donors (Lipinski definition) is 1. The Kier molecular flexibility index (Phi) is 5.56. The molecule has 116 valence electrons. The van der Waals surface area contributed by atoms with Crippen molar-refractivity contribution in [2.75, 3.05) is 20.2 Å². The number of nitrogens with two attached hydrogens (primary N) is 1. The highest BCUT2D eigenvalue weighted by molar-refractivity contribution is 5.76. The smallest absolute Gasteiger partial charge is 0.222 e. The van der Waals surface area contributed by atoms with Gasteiger partial charge in [-0.2, -0.15) is 0 Å². The van der Waals surface area contributed by atoms with Crippen LogP contribution in [-0.2, 0) is 4.79 Å². The summed E-state index contributed by atoms with van der Waals surface area (Å²) in [5.41, 5.74) is 5.99. The molecule has 1 aromatic rings. The molecule has 2 atom stereocenters. The van der Waals surface area contributed by atoms with Crippen LogP contribution in [-0.4, -0.2) is 37.0 Å². The van der Waals surface area contributed by atoms with Gasteiger partial charge in [-0.3, -0.25) is 4.79 Å². The van der Waals surface area contributed by atoms with Crippen molar-refractivity contribution >= 4 is 5.91 Å². The second kappa shape index (κ2) is 7.41. The molecule has 1 fully saturated rings. The lowest BCUT2D eigenvalue weighted by Gasteiger charge is -2.21. The maximum absolute atomic E-state index is 12.7. The standard InChI is InChI=1S/C16H23FN2O2/c1-19(16(20)11-12-3-2-4-15(12)18)9-10-21-14-7-5-13(17)6-8-14/h5-8,12,15H,2-4,9-11,18H2,1H3/t12-,15+/m0/s1. The summed E-state index contributed by atoms with van der Waals surface area (Å²) in [6, 6.07) is 6.03. The molecule has 2 rings (SSSR count). The van der Waals surface area contributed by atoms with Crippen molar-refractivity contribution in [2.45, 2.75) is 31.7 Å². The summed E-state index contributed by atoms with van der Waals surface area (Å²) in [6.07, 6.45) is 3.72. The molecule has 4 nitrogen and oxygen atoms in total. The zero-order valence-electron chi connectivity index (χ0n) is 12.4. The van der Waals surface area contributed by atoms with Crippen LogP contribution in [0.5, 0.6) is 5.75 Å². The van der Waals surface area contributed by atoms with Crippen LogP contribution in [0.4, 0.5) is 4.39 Å². The fraction of sp³-hybridized carbons (Fsp3) is 0.562. The topological polar surface area (TPSA) is 55.6 Å². The monoisotopic (exact) mass is 294 g/mol. The molecule has 1 aliphatic carbocycles. The molecule has 1 aliphatic rings. The third-order valence-electron chi connectivity index (χ3n) is 4.09. The van der Waals surface area contributed by atoms with Crippen LogP contribution in [0.25, 0.3) is 0 Å². The SMILES string of the molecule is CN(CCOc1ccc(F)cc1)C(=O)C[C@@H]1CCC[C@H]1N. The van der Waals surface area contributed by atoms with E-state index in [4.69, 9.17) is 10.5 Å². The van der Waals surface area contributed by atoms with E-state index in [-0.39, 0.29) is 17.8 Å². The summed E-state index contributed by atoms with van der Waals surface area (Å²) in [4.78, 5) is 13.8. The van der Waals surface area contributed by atoms with E-state index in [2.05, 4.69) is 0 Å². The number of carbonyl (C=O) groups is 1. The van der Waals surface area contributed by atoms with Gasteiger partial charge in [-0.05, 0) is 43.0 Å². The molecule has 0 radical (unpaired) electrons. The molecular formula is C16H23FN2O2. The van der Waals surface area contributed by atoms with Gasteiger partial charge in [-0.15, -0.1) is 0 Å². The van der Waals surface area contributed by atoms with Gasteiger partial charge in [-0.1, -0.05) is 6.42 Å². The number of benzene rings is 1. The normalized spacial score (nSPS) is 21.3. The lowest BCUT2D eigenvalue weighted by molar-refractivity contribution is -0.131.